The van der Waals surface area contributed by atoms with E-state index >= 15 is 0 Å². The molecule has 24 heavy (non-hydrogen) atoms. The van der Waals surface area contributed by atoms with Gasteiger partial charge in [0.25, 0.3) is 0 Å². The van der Waals surface area contributed by atoms with Gasteiger partial charge in [-0.25, -0.2) is 4.98 Å². The van der Waals surface area contributed by atoms with Crippen LogP contribution in [0, 0.1) is 5.92 Å². The third-order valence-corrected chi connectivity index (χ3v) is 5.13. The Morgan fingerprint density at radius 2 is 2.17 bits per heavy atom. The van der Waals surface area contributed by atoms with E-state index in [0.717, 1.165) is 16.0 Å². The summed E-state index contributed by atoms with van der Waals surface area (Å²) in [6.07, 6.45) is 1.42. The van der Waals surface area contributed by atoms with Gasteiger partial charge in [0.1, 0.15) is 5.75 Å². The molecule has 8 heteroatoms. The van der Waals surface area contributed by atoms with Crippen molar-refractivity contribution >= 4 is 38.5 Å². The van der Waals surface area contributed by atoms with Crippen LogP contribution < -0.4 is 15.8 Å². The van der Waals surface area contributed by atoms with E-state index in [4.69, 9.17) is 10.5 Å². The molecule has 1 saturated heterocycles. The normalized spacial score (nSPS) is 16.2. The predicted octanol–water partition coefficient (Wildman–Crippen LogP) is 1.44. The molecule has 1 aromatic carbocycles. The summed E-state index contributed by atoms with van der Waals surface area (Å²) in [5.74, 6) is 0.354. The van der Waals surface area contributed by atoms with Crippen molar-refractivity contribution in [3.8, 4) is 5.75 Å². The molecular formula is C16H20N4O3S. The van der Waals surface area contributed by atoms with Crippen LogP contribution >= 0.6 is 11.3 Å². The summed E-state index contributed by atoms with van der Waals surface area (Å²) in [6.45, 7) is 1.71. The Balaban J connectivity index is 1.56. The fourth-order valence-electron chi connectivity index (χ4n) is 2.82. The number of nitrogens with one attached hydrogen (secondary N) is 1. The van der Waals surface area contributed by atoms with Crippen molar-refractivity contribution in [1.82, 2.24) is 9.88 Å². The number of rotatable bonds is 5. The van der Waals surface area contributed by atoms with Crippen molar-refractivity contribution in [2.24, 2.45) is 11.7 Å². The number of benzene rings is 1. The van der Waals surface area contributed by atoms with Crippen LogP contribution in [0.2, 0.25) is 0 Å². The molecule has 7 nitrogen and oxygen atoms in total. The van der Waals surface area contributed by atoms with E-state index in [0.29, 0.717) is 37.6 Å². The van der Waals surface area contributed by atoms with Gasteiger partial charge in [0.05, 0.1) is 23.9 Å². The lowest BCUT2D eigenvalue weighted by Crippen LogP contribution is -2.42. The van der Waals surface area contributed by atoms with Crippen LogP contribution in [-0.4, -0.2) is 48.4 Å². The van der Waals surface area contributed by atoms with Gasteiger partial charge in [-0.2, -0.15) is 0 Å². The highest BCUT2D eigenvalue weighted by Gasteiger charge is 2.24. The SMILES string of the molecule is COc1ccc2nc(NC(=O)CN3CCC(C(N)=O)CC3)sc2c1. The molecule has 0 radical (unpaired) electrons. The number of primary amides is 1. The Morgan fingerprint density at radius 3 is 2.83 bits per heavy atom. The lowest BCUT2D eigenvalue weighted by Gasteiger charge is -2.29. The molecule has 0 unspecified atom stereocenters. The number of aromatic nitrogens is 1. The van der Waals surface area contributed by atoms with E-state index in [2.05, 4.69) is 10.3 Å². The van der Waals surface area contributed by atoms with Crippen LogP contribution in [0.1, 0.15) is 12.8 Å². The quantitative estimate of drug-likeness (QED) is 0.852. The van der Waals surface area contributed by atoms with E-state index in [9.17, 15) is 9.59 Å². The zero-order valence-corrected chi connectivity index (χ0v) is 14.3. The summed E-state index contributed by atoms with van der Waals surface area (Å²) in [4.78, 5) is 29.8. The number of nitrogens with two attached hydrogens (primary N) is 1. The highest BCUT2D eigenvalue weighted by molar-refractivity contribution is 7.22. The first kappa shape index (κ1) is 16.7. The lowest BCUT2D eigenvalue weighted by atomic mass is 9.96. The summed E-state index contributed by atoms with van der Waals surface area (Å²) in [5.41, 5.74) is 6.15. The second kappa shape index (κ2) is 7.14. The van der Waals surface area contributed by atoms with Gasteiger partial charge >= 0.3 is 0 Å². The Kier molecular flexibility index (Phi) is 4.96. The molecule has 1 aromatic heterocycles. The first-order valence-electron chi connectivity index (χ1n) is 7.81. The van der Waals surface area contributed by atoms with Crippen LogP contribution in [0.3, 0.4) is 0 Å². The Bertz CT molecular complexity index is 753. The summed E-state index contributed by atoms with van der Waals surface area (Å²) in [7, 11) is 1.62. The van der Waals surface area contributed by atoms with Crippen molar-refractivity contribution in [2.45, 2.75) is 12.8 Å². The van der Waals surface area contributed by atoms with Crippen LogP contribution in [0.4, 0.5) is 5.13 Å². The largest absolute Gasteiger partial charge is 0.497 e. The van der Waals surface area contributed by atoms with Crippen LogP contribution in [0.15, 0.2) is 18.2 Å². The molecule has 2 aromatic rings. The maximum Gasteiger partial charge on any atom is 0.240 e. The molecule has 1 fully saturated rings. The summed E-state index contributed by atoms with van der Waals surface area (Å²) < 4.78 is 6.16. The average molecular weight is 348 g/mol. The second-order valence-corrected chi connectivity index (χ2v) is 6.88. The number of hydrogen-bond donors (Lipinski definition) is 2. The first-order valence-corrected chi connectivity index (χ1v) is 8.63. The van der Waals surface area contributed by atoms with Crippen molar-refractivity contribution in [3.05, 3.63) is 18.2 Å². The molecule has 128 valence electrons. The number of piperidine rings is 1. The standard InChI is InChI=1S/C16H20N4O3S/c1-23-11-2-3-12-13(8-11)24-16(18-12)19-14(21)9-20-6-4-10(5-7-20)15(17)22/h2-3,8,10H,4-7,9H2,1H3,(H2,17,22)(H,18,19,21). The number of anilines is 1. The molecule has 3 rings (SSSR count). The maximum atomic E-state index is 12.2. The van der Waals surface area contributed by atoms with Gasteiger partial charge in [0.15, 0.2) is 5.13 Å². The molecule has 1 aliphatic heterocycles. The van der Waals surface area contributed by atoms with Crippen molar-refractivity contribution in [1.29, 1.82) is 0 Å². The fourth-order valence-corrected chi connectivity index (χ4v) is 3.73. The predicted molar refractivity (Wildman–Crippen MR) is 93.2 cm³/mol. The molecule has 0 saturated carbocycles. The molecule has 0 atom stereocenters. The monoisotopic (exact) mass is 348 g/mol. The molecular weight excluding hydrogens is 328 g/mol. The summed E-state index contributed by atoms with van der Waals surface area (Å²) in [5, 5.41) is 3.42. The molecule has 2 amide bonds. The van der Waals surface area contributed by atoms with Gasteiger partial charge < -0.3 is 15.8 Å². The van der Waals surface area contributed by atoms with Gasteiger partial charge in [0, 0.05) is 5.92 Å². The Labute approximate surface area is 143 Å². The number of nitrogens with zero attached hydrogens (tertiary/aromatic N) is 2. The molecule has 1 aliphatic rings. The zero-order chi connectivity index (χ0) is 17.1. The topological polar surface area (TPSA) is 97.6 Å². The highest BCUT2D eigenvalue weighted by Crippen LogP contribution is 2.29. The third kappa shape index (κ3) is 3.82. The average Bonchev–Trinajstić information content (AvgIpc) is 2.96. The van der Waals surface area contributed by atoms with Gasteiger partial charge in [-0.3, -0.25) is 14.5 Å². The zero-order valence-electron chi connectivity index (χ0n) is 13.4. The number of thiazole rings is 1. The van der Waals surface area contributed by atoms with Gasteiger partial charge in [-0.1, -0.05) is 11.3 Å². The third-order valence-electron chi connectivity index (χ3n) is 4.20. The first-order chi connectivity index (χ1) is 11.5. The van der Waals surface area contributed by atoms with Crippen LogP contribution in [0.5, 0.6) is 5.75 Å². The number of fused-ring (bicyclic) bond motifs is 1. The van der Waals surface area contributed by atoms with Gasteiger partial charge in [0.2, 0.25) is 11.8 Å². The number of ether oxygens (including phenoxy) is 1. The van der Waals surface area contributed by atoms with Crippen LogP contribution in [0.25, 0.3) is 10.2 Å². The van der Waals surface area contributed by atoms with Gasteiger partial charge in [-0.05, 0) is 44.1 Å². The molecule has 0 spiro atoms. The summed E-state index contributed by atoms with van der Waals surface area (Å²) in [6, 6.07) is 5.61. The number of carbonyl (C=O) groups is 2. The van der Waals surface area contributed by atoms with Gasteiger partial charge in [-0.15, -0.1) is 0 Å². The minimum Gasteiger partial charge on any atom is -0.497 e. The van der Waals surface area contributed by atoms with E-state index in [1.165, 1.54) is 11.3 Å². The van der Waals surface area contributed by atoms with Crippen LogP contribution in [-0.2, 0) is 9.59 Å². The number of methoxy groups -OCH3 is 1. The highest BCUT2D eigenvalue weighted by atomic mass is 32.1. The minimum atomic E-state index is -0.246. The molecule has 0 bridgehead atoms. The Morgan fingerprint density at radius 1 is 1.42 bits per heavy atom. The van der Waals surface area contributed by atoms with Crippen molar-refractivity contribution in [3.63, 3.8) is 0 Å². The van der Waals surface area contributed by atoms with Crippen molar-refractivity contribution in [2.75, 3.05) is 32.1 Å². The summed E-state index contributed by atoms with van der Waals surface area (Å²) >= 11 is 1.42. The van der Waals surface area contributed by atoms with E-state index in [1.54, 1.807) is 7.11 Å². The number of amides is 2. The number of hydrogen-bond acceptors (Lipinski definition) is 6. The number of likely N-dealkylation sites (tertiary alicyclic amines) is 1. The maximum absolute atomic E-state index is 12.2. The minimum absolute atomic E-state index is 0.0662. The van der Waals surface area contributed by atoms with E-state index in [1.807, 2.05) is 23.1 Å². The smallest absolute Gasteiger partial charge is 0.240 e. The van der Waals surface area contributed by atoms with E-state index < -0.39 is 0 Å². The fraction of sp³-hybridized carbons (Fsp3) is 0.438. The number of carbonyl (C=O) groups excluding carboxylic acids is 2. The lowest BCUT2D eigenvalue weighted by molar-refractivity contribution is -0.123. The van der Waals surface area contributed by atoms with E-state index in [-0.39, 0.29) is 17.7 Å². The molecule has 0 aliphatic carbocycles. The second-order valence-electron chi connectivity index (χ2n) is 5.85. The molecule has 3 N–H and O–H groups in total. The molecule has 2 heterocycles. The van der Waals surface area contributed by atoms with Crippen molar-refractivity contribution < 1.29 is 14.3 Å². The Hall–Kier alpha value is -2.19.